The van der Waals surface area contributed by atoms with Gasteiger partial charge in [-0.25, -0.2) is 0 Å². The summed E-state index contributed by atoms with van der Waals surface area (Å²) in [4.78, 5) is 4.35. The van der Waals surface area contributed by atoms with Crippen molar-refractivity contribution in [3.05, 3.63) is 89.6 Å². The highest BCUT2D eigenvalue weighted by molar-refractivity contribution is 5.82. The first-order valence-corrected chi connectivity index (χ1v) is 12.2. The maximum absolute atomic E-state index is 13.6. The molecule has 3 fully saturated rings. The molecule has 6 rings (SSSR count). The maximum Gasteiger partial charge on any atom is 0.416 e. The van der Waals surface area contributed by atoms with E-state index in [1.807, 2.05) is 30.3 Å². The number of aromatic nitrogens is 1. The molecule has 0 amide bonds. The topological polar surface area (TPSA) is 33.1 Å². The summed E-state index contributed by atoms with van der Waals surface area (Å²) in [7, 11) is 0. The summed E-state index contributed by atoms with van der Waals surface area (Å²) < 4.78 is 81.6. The van der Waals surface area contributed by atoms with E-state index in [-0.39, 0.29) is 51.5 Å². The van der Waals surface area contributed by atoms with Crippen molar-refractivity contribution < 1.29 is 52.9 Å². The summed E-state index contributed by atoms with van der Waals surface area (Å²) in [6.45, 7) is 4.93. The number of hydrogen-bond acceptors (Lipinski definition) is 2. The zero-order chi connectivity index (χ0) is 26.6. The van der Waals surface area contributed by atoms with Gasteiger partial charge in [0.2, 0.25) is 0 Å². The second-order valence-electron chi connectivity index (χ2n) is 10.3. The second-order valence-corrected chi connectivity index (χ2v) is 10.3. The lowest BCUT2D eigenvalue weighted by Gasteiger charge is -2.58. The normalized spacial score (nSPS) is 26.1. The number of aliphatic hydroxyl groups excluding tert-OH is 1. The predicted molar refractivity (Wildman–Crippen MR) is 127 cm³/mol. The molecule has 3 saturated heterocycles. The van der Waals surface area contributed by atoms with Crippen LogP contribution in [0.5, 0.6) is 0 Å². The van der Waals surface area contributed by atoms with Gasteiger partial charge in [-0.05, 0) is 41.8 Å². The smallest absolute Gasteiger partial charge is 0.416 e. The molecular weight excluding hydrogens is 574 g/mol. The van der Waals surface area contributed by atoms with Crippen molar-refractivity contribution in [1.29, 1.82) is 0 Å². The first kappa shape index (κ1) is 28.6. The number of nitrogens with zero attached hydrogens (tertiary/aromatic N) is 2. The van der Waals surface area contributed by atoms with Crippen LogP contribution in [0.1, 0.15) is 41.2 Å². The lowest BCUT2D eigenvalue weighted by atomic mass is 9.71. The minimum Gasteiger partial charge on any atom is -1.00 e. The molecule has 3 nitrogen and oxygen atoms in total. The Kier molecular flexibility index (Phi) is 7.73. The van der Waals surface area contributed by atoms with Crippen LogP contribution in [0.15, 0.2) is 67.4 Å². The number of benzene rings is 2. The number of fused-ring (bicyclic) bond motifs is 4. The summed E-state index contributed by atoms with van der Waals surface area (Å²) in [5, 5.41) is 12.5. The number of aliphatic hydroxyl groups is 1. The minimum absolute atomic E-state index is 0. The number of alkyl halides is 6. The number of halogens is 7. The van der Waals surface area contributed by atoms with Crippen LogP contribution in [0.25, 0.3) is 10.9 Å². The average Bonchev–Trinajstić information content (AvgIpc) is 2.86. The second kappa shape index (κ2) is 10.3. The van der Waals surface area contributed by atoms with Crippen molar-refractivity contribution in [1.82, 2.24) is 4.98 Å². The Hall–Kier alpha value is -2.43. The molecule has 1 N–H and O–H groups in total. The zero-order valence-corrected chi connectivity index (χ0v) is 21.9. The first-order chi connectivity index (χ1) is 17.4. The van der Waals surface area contributed by atoms with Gasteiger partial charge in [0.05, 0.1) is 29.7 Å². The van der Waals surface area contributed by atoms with Gasteiger partial charge < -0.3 is 26.6 Å². The average molecular weight is 601 g/mol. The molecule has 1 aromatic heterocycles. The van der Waals surface area contributed by atoms with Gasteiger partial charge in [-0.15, -0.1) is 6.58 Å². The van der Waals surface area contributed by atoms with Crippen LogP contribution in [0.4, 0.5) is 26.3 Å². The van der Waals surface area contributed by atoms with Gasteiger partial charge in [-0.1, -0.05) is 24.3 Å². The quantitative estimate of drug-likeness (QED) is 0.274. The number of pyridine rings is 1. The fourth-order valence-electron chi connectivity index (χ4n) is 6.44. The van der Waals surface area contributed by atoms with E-state index in [4.69, 9.17) is 0 Å². The largest absolute Gasteiger partial charge is 1.00 e. The van der Waals surface area contributed by atoms with Crippen molar-refractivity contribution in [2.75, 3.05) is 13.1 Å². The molecule has 5 atom stereocenters. The molecule has 2 aromatic carbocycles. The minimum atomic E-state index is -4.91. The van der Waals surface area contributed by atoms with Crippen LogP contribution >= 0.6 is 0 Å². The van der Waals surface area contributed by atoms with E-state index in [9.17, 15) is 31.4 Å². The summed E-state index contributed by atoms with van der Waals surface area (Å²) >= 11 is 0. The van der Waals surface area contributed by atoms with Crippen molar-refractivity contribution in [2.24, 2.45) is 11.8 Å². The third-order valence-electron chi connectivity index (χ3n) is 8.19. The molecule has 2 bridgehead atoms. The van der Waals surface area contributed by atoms with E-state index in [0.717, 1.165) is 23.9 Å². The standard InChI is InChI=1S/C28H27F6N2O.BrH/c1-2-18-16-36(15-17-11-20(27(29,30)31)14-21(12-17)28(32,33)34)10-8-19(18)13-25(36)26(37)23-7-9-35-24-6-4-3-5-22(23)24;/h2-7,9,11-12,14,18-19,25-26,37H,1,8,10,13,15-16H2;1H/q+1;/p-1/t18-,19+,25-,26+,36-;/m1./s1. The zero-order valence-electron chi connectivity index (χ0n) is 20.3. The first-order valence-electron chi connectivity index (χ1n) is 12.2. The molecule has 0 saturated carbocycles. The highest BCUT2D eigenvalue weighted by Gasteiger charge is 2.54. The maximum atomic E-state index is 13.6. The predicted octanol–water partition coefficient (Wildman–Crippen LogP) is 3.92. The van der Waals surface area contributed by atoms with E-state index in [2.05, 4.69) is 11.6 Å². The number of hydrogen-bond donors (Lipinski definition) is 1. The van der Waals surface area contributed by atoms with Crippen LogP contribution in [0.3, 0.4) is 0 Å². The van der Waals surface area contributed by atoms with Gasteiger partial charge in [0.15, 0.2) is 0 Å². The summed E-state index contributed by atoms with van der Waals surface area (Å²) in [6, 6.07) is 10.5. The van der Waals surface area contributed by atoms with Crippen molar-refractivity contribution in [3.63, 3.8) is 0 Å². The Balaban J connectivity index is 0.00000336. The monoisotopic (exact) mass is 600 g/mol. The van der Waals surface area contributed by atoms with Crippen LogP contribution in [-0.4, -0.2) is 33.7 Å². The summed E-state index contributed by atoms with van der Waals surface area (Å²) in [5.41, 5.74) is -1.31. The van der Waals surface area contributed by atoms with Gasteiger partial charge >= 0.3 is 12.4 Å². The highest BCUT2D eigenvalue weighted by atomic mass is 79.9. The van der Waals surface area contributed by atoms with E-state index >= 15 is 0 Å². The highest BCUT2D eigenvalue weighted by Crippen LogP contribution is 2.48. The van der Waals surface area contributed by atoms with Crippen LogP contribution in [0.2, 0.25) is 0 Å². The lowest BCUT2D eigenvalue weighted by Crippen LogP contribution is -3.00. The van der Waals surface area contributed by atoms with E-state index < -0.39 is 35.6 Å². The van der Waals surface area contributed by atoms with Gasteiger partial charge in [-0.3, -0.25) is 4.98 Å². The molecule has 3 aliphatic heterocycles. The van der Waals surface area contributed by atoms with Crippen LogP contribution in [0, 0.1) is 11.8 Å². The third kappa shape index (κ3) is 5.22. The molecule has 0 unspecified atom stereocenters. The molecule has 0 radical (unpaired) electrons. The molecule has 3 aliphatic rings. The van der Waals surface area contributed by atoms with Gasteiger partial charge in [0, 0.05) is 35.9 Å². The van der Waals surface area contributed by atoms with Crippen LogP contribution < -0.4 is 17.0 Å². The Bertz CT molecular complexity index is 1290. The number of rotatable bonds is 5. The molecule has 204 valence electrons. The molecule has 3 aromatic rings. The molecule has 0 spiro atoms. The Morgan fingerprint density at radius 2 is 1.68 bits per heavy atom. The van der Waals surface area contributed by atoms with Gasteiger partial charge in [0.25, 0.3) is 0 Å². The Morgan fingerprint density at radius 3 is 2.32 bits per heavy atom. The van der Waals surface area contributed by atoms with Crippen molar-refractivity contribution in [2.45, 2.75) is 43.9 Å². The molecule has 10 heteroatoms. The fraction of sp³-hybridized carbons (Fsp3) is 0.393. The Morgan fingerprint density at radius 1 is 1.03 bits per heavy atom. The summed E-state index contributed by atoms with van der Waals surface area (Å²) in [5.74, 6) is 0.316. The SMILES string of the molecule is C=C[C@@H]1C[N@+]2(Cc3cc(C(F)(F)F)cc(C(F)(F)F)c3)CC[C@H]1C[C@@H]2[C@@H](O)c1ccnc2ccccc12.[Br-]. The Labute approximate surface area is 227 Å². The molecule has 38 heavy (non-hydrogen) atoms. The number of para-hydroxylation sites is 1. The molecule has 0 aliphatic carbocycles. The number of quaternary nitrogens is 1. The van der Waals surface area contributed by atoms with E-state index in [0.29, 0.717) is 30.6 Å². The summed E-state index contributed by atoms with van der Waals surface area (Å²) in [6.07, 6.45) is -5.99. The molecule has 4 heterocycles. The van der Waals surface area contributed by atoms with Crippen molar-refractivity contribution >= 4 is 10.9 Å². The van der Waals surface area contributed by atoms with Crippen molar-refractivity contribution in [3.8, 4) is 0 Å². The third-order valence-corrected chi connectivity index (χ3v) is 8.19. The van der Waals surface area contributed by atoms with E-state index in [1.165, 1.54) is 0 Å². The lowest BCUT2D eigenvalue weighted by molar-refractivity contribution is -0.984. The number of piperidine rings is 3. The fourth-order valence-corrected chi connectivity index (χ4v) is 6.44. The molecular formula is C28H27BrF6N2O. The van der Waals surface area contributed by atoms with Gasteiger partial charge in [0.1, 0.15) is 18.7 Å². The van der Waals surface area contributed by atoms with Crippen LogP contribution in [-0.2, 0) is 18.9 Å². The van der Waals surface area contributed by atoms with Gasteiger partial charge in [-0.2, -0.15) is 26.3 Å². The van der Waals surface area contributed by atoms with E-state index in [1.54, 1.807) is 12.3 Å².